The molecule has 0 N–H and O–H groups in total. The molecule has 0 spiro atoms. The molecule has 2 aromatic rings. The molecule has 1 amide bonds. The molecule has 1 aliphatic heterocycles. The number of amides is 1. The lowest BCUT2D eigenvalue weighted by Gasteiger charge is -2.22. The molecule has 7 heteroatoms. The molecule has 1 fully saturated rings. The van der Waals surface area contributed by atoms with Crippen LogP contribution in [0.4, 0.5) is 0 Å². The van der Waals surface area contributed by atoms with Gasteiger partial charge in [0.1, 0.15) is 6.54 Å². The van der Waals surface area contributed by atoms with Crippen LogP contribution in [0, 0.1) is 6.92 Å². The van der Waals surface area contributed by atoms with Crippen molar-refractivity contribution < 1.29 is 9.32 Å². The highest BCUT2D eigenvalue weighted by molar-refractivity contribution is 5.76. The highest BCUT2D eigenvalue weighted by atomic mass is 16.5. The van der Waals surface area contributed by atoms with Gasteiger partial charge in [0.15, 0.2) is 5.82 Å². The average molecular weight is 288 g/mol. The molecule has 110 valence electrons. The maximum absolute atomic E-state index is 12.4. The summed E-state index contributed by atoms with van der Waals surface area (Å²) in [5.41, 5.74) is -0.183. The zero-order chi connectivity index (χ0) is 14.8. The van der Waals surface area contributed by atoms with Crippen LogP contribution in [0.25, 0.3) is 0 Å². The van der Waals surface area contributed by atoms with Crippen LogP contribution in [0.15, 0.2) is 33.7 Å². The summed E-state index contributed by atoms with van der Waals surface area (Å²) in [5, 5.41) is 3.91. The topological polar surface area (TPSA) is 81.2 Å². The zero-order valence-electron chi connectivity index (χ0n) is 11.7. The number of nitrogens with zero attached hydrogens (tertiary/aromatic N) is 4. The molecule has 3 heterocycles. The third kappa shape index (κ3) is 2.72. The van der Waals surface area contributed by atoms with Crippen molar-refractivity contribution in [3.05, 3.63) is 46.5 Å². The van der Waals surface area contributed by atoms with Crippen molar-refractivity contribution in [3.8, 4) is 0 Å². The molecule has 1 atom stereocenters. The fraction of sp³-hybridized carbons (Fsp3) is 0.429. The fourth-order valence-electron chi connectivity index (χ4n) is 2.61. The standard InChI is InChI=1S/C14H16N4O3/c1-10-15-14(16-21-10)11-5-4-8-18(11)13(20)9-17-7-3-2-6-12(17)19/h2-3,6-7,11H,4-5,8-9H2,1H3/t11-/m0/s1. The van der Waals surface area contributed by atoms with Crippen LogP contribution in [0.1, 0.15) is 30.6 Å². The predicted octanol–water partition coefficient (Wildman–Crippen LogP) is 0.903. The Bertz CT molecular complexity index is 706. The summed E-state index contributed by atoms with van der Waals surface area (Å²) in [6.45, 7) is 2.41. The Morgan fingerprint density at radius 3 is 3.05 bits per heavy atom. The average Bonchev–Trinajstić information content (AvgIpc) is 3.09. The van der Waals surface area contributed by atoms with Gasteiger partial charge < -0.3 is 14.0 Å². The Morgan fingerprint density at radius 2 is 2.33 bits per heavy atom. The van der Waals surface area contributed by atoms with Crippen molar-refractivity contribution in [1.82, 2.24) is 19.6 Å². The van der Waals surface area contributed by atoms with Crippen LogP contribution in [0.5, 0.6) is 0 Å². The number of hydrogen-bond donors (Lipinski definition) is 0. The lowest BCUT2D eigenvalue weighted by atomic mass is 10.2. The maximum Gasteiger partial charge on any atom is 0.250 e. The van der Waals surface area contributed by atoms with E-state index in [-0.39, 0.29) is 24.1 Å². The molecule has 0 saturated carbocycles. The van der Waals surface area contributed by atoms with Crippen LogP contribution in [0.3, 0.4) is 0 Å². The number of aryl methyl sites for hydroxylation is 1. The van der Waals surface area contributed by atoms with Crippen LogP contribution < -0.4 is 5.56 Å². The molecule has 0 bridgehead atoms. The second-order valence-corrected chi connectivity index (χ2v) is 5.08. The summed E-state index contributed by atoms with van der Waals surface area (Å²) in [5.74, 6) is 0.926. The van der Waals surface area contributed by atoms with Gasteiger partial charge in [0, 0.05) is 25.7 Å². The minimum atomic E-state index is -0.183. The van der Waals surface area contributed by atoms with E-state index < -0.39 is 0 Å². The van der Waals surface area contributed by atoms with Crippen LogP contribution in [0.2, 0.25) is 0 Å². The first-order valence-corrected chi connectivity index (χ1v) is 6.90. The number of aromatic nitrogens is 3. The summed E-state index contributed by atoms with van der Waals surface area (Å²) >= 11 is 0. The first kappa shape index (κ1) is 13.5. The third-order valence-corrected chi connectivity index (χ3v) is 3.62. The summed E-state index contributed by atoms with van der Waals surface area (Å²) in [7, 11) is 0. The van der Waals surface area contributed by atoms with Crippen molar-refractivity contribution in [2.75, 3.05) is 6.54 Å². The molecule has 7 nitrogen and oxygen atoms in total. The van der Waals surface area contributed by atoms with E-state index in [1.807, 2.05) is 0 Å². The predicted molar refractivity (Wildman–Crippen MR) is 73.4 cm³/mol. The van der Waals surface area contributed by atoms with Crippen molar-refractivity contribution >= 4 is 5.91 Å². The van der Waals surface area contributed by atoms with E-state index in [1.165, 1.54) is 10.6 Å². The van der Waals surface area contributed by atoms with Gasteiger partial charge in [0.2, 0.25) is 11.8 Å². The highest BCUT2D eigenvalue weighted by Crippen LogP contribution is 2.30. The van der Waals surface area contributed by atoms with E-state index in [0.717, 1.165) is 12.8 Å². The van der Waals surface area contributed by atoms with Crippen molar-refractivity contribution in [3.63, 3.8) is 0 Å². The number of rotatable bonds is 3. The third-order valence-electron chi connectivity index (χ3n) is 3.62. The molecule has 0 aliphatic carbocycles. The minimum absolute atomic E-state index is 0.0347. The van der Waals surface area contributed by atoms with E-state index in [9.17, 15) is 9.59 Å². The molecule has 21 heavy (non-hydrogen) atoms. The molecular weight excluding hydrogens is 272 g/mol. The quantitative estimate of drug-likeness (QED) is 0.838. The number of carbonyl (C=O) groups excluding carboxylic acids is 1. The Morgan fingerprint density at radius 1 is 1.48 bits per heavy atom. The van der Waals surface area contributed by atoms with Crippen molar-refractivity contribution in [2.24, 2.45) is 0 Å². The molecule has 2 aromatic heterocycles. The van der Waals surface area contributed by atoms with E-state index in [4.69, 9.17) is 4.52 Å². The number of likely N-dealkylation sites (tertiary alicyclic amines) is 1. The summed E-state index contributed by atoms with van der Waals surface area (Å²) in [6, 6.07) is 4.68. The monoisotopic (exact) mass is 288 g/mol. The highest BCUT2D eigenvalue weighted by Gasteiger charge is 2.33. The van der Waals surface area contributed by atoms with Gasteiger partial charge in [-0.05, 0) is 18.9 Å². The second kappa shape index (κ2) is 5.51. The van der Waals surface area contributed by atoms with Gasteiger partial charge in [-0.1, -0.05) is 11.2 Å². The van der Waals surface area contributed by atoms with Crippen molar-refractivity contribution in [1.29, 1.82) is 0 Å². The van der Waals surface area contributed by atoms with Gasteiger partial charge in [-0.25, -0.2) is 0 Å². The van der Waals surface area contributed by atoms with Gasteiger partial charge in [0.25, 0.3) is 5.56 Å². The van der Waals surface area contributed by atoms with Gasteiger partial charge in [-0.15, -0.1) is 0 Å². The fourth-order valence-corrected chi connectivity index (χ4v) is 2.61. The van der Waals surface area contributed by atoms with Gasteiger partial charge in [-0.3, -0.25) is 9.59 Å². The Labute approximate surface area is 121 Å². The Balaban J connectivity index is 1.77. The molecule has 1 saturated heterocycles. The summed E-state index contributed by atoms with van der Waals surface area (Å²) < 4.78 is 6.39. The first-order chi connectivity index (χ1) is 10.1. The van der Waals surface area contributed by atoms with Crippen LogP contribution >= 0.6 is 0 Å². The Hall–Kier alpha value is -2.44. The van der Waals surface area contributed by atoms with Gasteiger partial charge >= 0.3 is 0 Å². The molecule has 0 radical (unpaired) electrons. The molecular formula is C14H16N4O3. The lowest BCUT2D eigenvalue weighted by Crippen LogP contribution is -2.36. The van der Waals surface area contributed by atoms with E-state index >= 15 is 0 Å². The maximum atomic E-state index is 12.4. The van der Waals surface area contributed by atoms with E-state index in [2.05, 4.69) is 10.1 Å². The SMILES string of the molecule is Cc1nc([C@@H]2CCCN2C(=O)Cn2ccccc2=O)no1. The van der Waals surface area contributed by atoms with Crippen molar-refractivity contribution in [2.45, 2.75) is 32.4 Å². The number of carbonyl (C=O) groups is 1. The smallest absolute Gasteiger partial charge is 0.250 e. The summed E-state index contributed by atoms with van der Waals surface area (Å²) in [4.78, 5) is 30.1. The van der Waals surface area contributed by atoms with Gasteiger partial charge in [0.05, 0.1) is 6.04 Å². The first-order valence-electron chi connectivity index (χ1n) is 6.90. The minimum Gasteiger partial charge on any atom is -0.340 e. The van der Waals surface area contributed by atoms with E-state index in [0.29, 0.717) is 18.3 Å². The molecule has 1 aliphatic rings. The van der Waals surface area contributed by atoms with Crippen LogP contribution in [-0.2, 0) is 11.3 Å². The molecule has 0 aromatic carbocycles. The van der Waals surface area contributed by atoms with Crippen LogP contribution in [-0.4, -0.2) is 32.1 Å². The van der Waals surface area contributed by atoms with E-state index in [1.54, 1.807) is 30.2 Å². The Kier molecular flexibility index (Phi) is 3.55. The van der Waals surface area contributed by atoms with Gasteiger partial charge in [-0.2, -0.15) is 4.98 Å². The number of hydrogen-bond acceptors (Lipinski definition) is 5. The largest absolute Gasteiger partial charge is 0.340 e. The summed E-state index contributed by atoms with van der Waals surface area (Å²) in [6.07, 6.45) is 3.33. The molecule has 3 rings (SSSR count). The second-order valence-electron chi connectivity index (χ2n) is 5.08. The number of pyridine rings is 1. The molecule has 0 unspecified atom stereocenters. The lowest BCUT2D eigenvalue weighted by molar-refractivity contribution is -0.133. The zero-order valence-corrected chi connectivity index (χ0v) is 11.7. The normalized spacial score (nSPS) is 18.1.